The Morgan fingerprint density at radius 3 is 1.92 bits per heavy atom. The van der Waals surface area contributed by atoms with Gasteiger partial charge in [-0.05, 0) is 40.0 Å². The first kappa shape index (κ1) is 25.1. The Kier molecular flexibility index (Phi) is 7.04. The minimum atomic E-state index is -0.144. The number of anilines is 1. The van der Waals surface area contributed by atoms with Crippen LogP contribution >= 0.6 is 0 Å². The quantitative estimate of drug-likeness (QED) is 0.294. The van der Waals surface area contributed by atoms with E-state index in [1.807, 2.05) is 42.5 Å². The number of methoxy groups -OCH3 is 1. The second-order valence-corrected chi connectivity index (χ2v) is 9.47. The van der Waals surface area contributed by atoms with Crippen LogP contribution in [0.4, 0.5) is 5.69 Å². The van der Waals surface area contributed by atoms with Gasteiger partial charge in [-0.1, -0.05) is 60.7 Å². The molecule has 0 N–H and O–H groups in total. The number of likely N-dealkylation sites (tertiary alicyclic amines) is 1. The summed E-state index contributed by atoms with van der Waals surface area (Å²) in [6.07, 6.45) is 0.165. The maximum atomic E-state index is 13.5. The van der Waals surface area contributed by atoms with Crippen molar-refractivity contribution in [3.05, 3.63) is 89.5 Å². The third-order valence-corrected chi connectivity index (χ3v) is 7.56. The molecule has 3 aromatic rings. The number of fused-ring (bicyclic) bond motifs is 3. The fraction of sp³-hybridized carbons (Fsp3) is 0.267. The Morgan fingerprint density at radius 1 is 0.730 bits per heavy atom. The molecule has 3 aromatic carbocycles. The summed E-state index contributed by atoms with van der Waals surface area (Å²) in [5, 5.41) is 0. The summed E-state index contributed by atoms with van der Waals surface area (Å²) < 4.78 is 5.52. The van der Waals surface area contributed by atoms with Crippen LogP contribution in [-0.4, -0.2) is 68.0 Å². The predicted octanol–water partition coefficient (Wildman–Crippen LogP) is 1.06. The van der Waals surface area contributed by atoms with Crippen molar-refractivity contribution in [2.75, 3.05) is 51.3 Å². The van der Waals surface area contributed by atoms with Crippen molar-refractivity contribution in [3.63, 3.8) is 0 Å². The van der Waals surface area contributed by atoms with E-state index in [1.165, 1.54) is 4.90 Å². The molecule has 2 saturated heterocycles. The van der Waals surface area contributed by atoms with Crippen LogP contribution in [0.15, 0.2) is 78.4 Å². The van der Waals surface area contributed by atoms with Crippen molar-refractivity contribution in [3.8, 4) is 16.9 Å². The fourth-order valence-electron chi connectivity index (χ4n) is 5.71. The summed E-state index contributed by atoms with van der Waals surface area (Å²) in [7, 11) is 1.70. The highest BCUT2D eigenvalue weighted by Crippen LogP contribution is 2.47. The molecule has 2 amide bonds. The molecule has 0 unspecified atom stereocenters. The van der Waals surface area contributed by atoms with E-state index in [2.05, 4.69) is 40.1 Å². The first-order valence-electron chi connectivity index (χ1n) is 12.5. The number of carbonyl (C=O) groups excluding carboxylic acids is 2. The monoisotopic (exact) mass is 514 g/mol. The molecule has 6 rings (SSSR count). The maximum absolute atomic E-state index is 13.5. The number of piperazine rings is 1. The molecule has 1 aliphatic carbocycles. The number of para-hydroxylation sites is 2. The number of benzene rings is 3. The fourth-order valence-corrected chi connectivity index (χ4v) is 5.71. The van der Waals surface area contributed by atoms with Gasteiger partial charge in [0.1, 0.15) is 5.75 Å². The molecule has 2 fully saturated rings. The average Bonchev–Trinajstić information content (AvgIpc) is 3.40. The Hall–Kier alpha value is -3.61. The van der Waals surface area contributed by atoms with Gasteiger partial charge in [-0.15, -0.1) is 0 Å². The molecule has 0 aromatic heterocycles. The van der Waals surface area contributed by atoms with Crippen LogP contribution in [0.1, 0.15) is 17.5 Å². The number of nitrogens with zero attached hydrogens (tertiary/aromatic N) is 3. The lowest BCUT2D eigenvalue weighted by molar-refractivity contribution is -0.137. The Labute approximate surface area is 223 Å². The molecule has 0 bridgehead atoms. The third-order valence-electron chi connectivity index (χ3n) is 7.56. The van der Waals surface area contributed by atoms with Gasteiger partial charge in [0, 0.05) is 44.8 Å². The molecule has 3 aliphatic rings. The molecule has 0 radical (unpaired) electrons. The number of carbonyl (C=O) groups is 2. The summed E-state index contributed by atoms with van der Waals surface area (Å²) in [6.45, 7) is 4.63. The van der Waals surface area contributed by atoms with Gasteiger partial charge in [0.05, 0.1) is 19.2 Å². The van der Waals surface area contributed by atoms with E-state index in [1.54, 1.807) is 7.11 Å². The van der Waals surface area contributed by atoms with Crippen LogP contribution in [0.3, 0.4) is 0 Å². The van der Waals surface area contributed by atoms with Crippen LogP contribution in [-0.2, 0) is 9.59 Å². The van der Waals surface area contributed by atoms with E-state index < -0.39 is 0 Å². The second-order valence-electron chi connectivity index (χ2n) is 9.47. The largest absolute Gasteiger partial charge is 1.00 e. The molecule has 7 heteroatoms. The molecule has 6 nitrogen and oxygen atoms in total. The molecular weight excluding hydrogens is 486 g/mol. The van der Waals surface area contributed by atoms with E-state index in [-0.39, 0.29) is 30.6 Å². The molecule has 0 spiro atoms. The van der Waals surface area contributed by atoms with Gasteiger partial charge in [-0.2, -0.15) is 0 Å². The van der Waals surface area contributed by atoms with Gasteiger partial charge in [0.25, 0.3) is 5.91 Å². The van der Waals surface area contributed by atoms with Gasteiger partial charge in [-0.25, -0.2) is 0 Å². The number of amides is 2. The normalized spacial score (nSPS) is 17.1. The van der Waals surface area contributed by atoms with Crippen LogP contribution < -0.4 is 22.0 Å². The third kappa shape index (κ3) is 4.41. The van der Waals surface area contributed by atoms with Crippen molar-refractivity contribution in [2.24, 2.45) is 0 Å². The zero-order valence-electron chi connectivity index (χ0n) is 20.8. The summed E-state index contributed by atoms with van der Waals surface area (Å²) in [5.74, 6) is 0.640. The van der Waals surface area contributed by atoms with Gasteiger partial charge in [0.2, 0.25) is 5.91 Å². The highest BCUT2D eigenvalue weighted by atomic mass is 35.5. The highest BCUT2D eigenvalue weighted by molar-refractivity contribution is 6.21. The van der Waals surface area contributed by atoms with Crippen LogP contribution in [0.2, 0.25) is 0 Å². The van der Waals surface area contributed by atoms with Gasteiger partial charge in [0.15, 0.2) is 0 Å². The van der Waals surface area contributed by atoms with Gasteiger partial charge in [-0.3, -0.25) is 19.4 Å². The zero-order chi connectivity index (χ0) is 24.6. The van der Waals surface area contributed by atoms with Crippen molar-refractivity contribution in [1.29, 1.82) is 0 Å². The van der Waals surface area contributed by atoms with Crippen LogP contribution in [0, 0.1) is 0 Å². The average molecular weight is 515 g/mol. The minimum Gasteiger partial charge on any atom is -1.00 e. The lowest BCUT2D eigenvalue weighted by atomic mass is 9.97. The lowest BCUT2D eigenvalue weighted by Crippen LogP contribution is -3.00. The van der Waals surface area contributed by atoms with Crippen molar-refractivity contribution >= 4 is 23.1 Å². The van der Waals surface area contributed by atoms with Crippen LogP contribution in [0.25, 0.3) is 16.7 Å². The first-order chi connectivity index (χ1) is 17.7. The lowest BCUT2D eigenvalue weighted by Gasteiger charge is -2.37. The number of hydrogen-bond donors (Lipinski definition) is 0. The van der Waals surface area contributed by atoms with Crippen LogP contribution in [0.5, 0.6) is 5.75 Å². The molecule has 2 aliphatic heterocycles. The van der Waals surface area contributed by atoms with E-state index in [4.69, 9.17) is 4.74 Å². The summed E-state index contributed by atoms with van der Waals surface area (Å²) in [5.41, 5.74) is 7.00. The molecular formula is C30H29ClN3O3-. The Balaban J connectivity index is 0.00000280. The number of rotatable bonds is 5. The molecule has 0 saturated carbocycles. The van der Waals surface area contributed by atoms with E-state index >= 15 is 0 Å². The summed E-state index contributed by atoms with van der Waals surface area (Å²) in [6, 6.07) is 24.4. The minimum absolute atomic E-state index is 0. The summed E-state index contributed by atoms with van der Waals surface area (Å²) >= 11 is 0. The second kappa shape index (κ2) is 10.4. The van der Waals surface area contributed by atoms with E-state index in [0.717, 1.165) is 65.4 Å². The molecule has 37 heavy (non-hydrogen) atoms. The highest BCUT2D eigenvalue weighted by Gasteiger charge is 2.38. The standard InChI is InChI=1S/C30H29N3O3.ClH/c1-36-27-13-7-6-12-26(27)32-17-14-31(15-18-32)16-19-33-28(34)20-25(30(33)35)29-23-10-4-2-8-21(23)22-9-3-5-11-24(22)29;/h2-13H,14-20H2,1H3;1H/p-1. The molecule has 0 atom stereocenters. The number of imide groups is 1. The van der Waals surface area contributed by atoms with Crippen molar-refractivity contribution < 1.29 is 26.7 Å². The number of hydrogen-bond acceptors (Lipinski definition) is 5. The summed E-state index contributed by atoms with van der Waals surface area (Å²) in [4.78, 5) is 32.6. The smallest absolute Gasteiger partial charge is 0.257 e. The first-order valence-corrected chi connectivity index (χ1v) is 12.5. The van der Waals surface area contributed by atoms with Crippen molar-refractivity contribution in [1.82, 2.24) is 9.80 Å². The molecule has 2 heterocycles. The van der Waals surface area contributed by atoms with Crippen molar-refractivity contribution in [2.45, 2.75) is 6.42 Å². The van der Waals surface area contributed by atoms with E-state index in [9.17, 15) is 9.59 Å². The Morgan fingerprint density at radius 2 is 1.30 bits per heavy atom. The SMILES string of the molecule is COc1ccccc1N1CCN(CCN2C(=O)CC(=C3c4ccccc4-c4ccccc43)C2=O)CC1.[Cl-]. The van der Waals surface area contributed by atoms with Gasteiger partial charge >= 0.3 is 0 Å². The topological polar surface area (TPSA) is 53.1 Å². The molecule has 190 valence electrons. The van der Waals surface area contributed by atoms with E-state index in [0.29, 0.717) is 18.7 Å². The number of ether oxygens (including phenoxy) is 1. The van der Waals surface area contributed by atoms with Gasteiger partial charge < -0.3 is 22.0 Å². The Bertz CT molecular complexity index is 1330. The predicted molar refractivity (Wildman–Crippen MR) is 141 cm³/mol. The maximum Gasteiger partial charge on any atom is 0.257 e. The number of halogens is 1. The zero-order valence-corrected chi connectivity index (χ0v) is 21.6.